The van der Waals surface area contributed by atoms with Gasteiger partial charge < -0.3 is 9.80 Å². The highest BCUT2D eigenvalue weighted by Crippen LogP contribution is 2.33. The smallest absolute Gasteiger partial charge is 0.280 e. The fourth-order valence-electron chi connectivity index (χ4n) is 5.57. The number of para-hydroxylation sites is 2. The molecule has 2 aromatic heterocycles. The molecule has 202 valence electrons. The van der Waals surface area contributed by atoms with Gasteiger partial charge in [0, 0.05) is 37.6 Å². The number of rotatable bonds is 6. The van der Waals surface area contributed by atoms with E-state index in [1.165, 1.54) is 6.07 Å². The van der Waals surface area contributed by atoms with Crippen molar-refractivity contribution in [2.75, 3.05) is 31.1 Å². The first-order valence-corrected chi connectivity index (χ1v) is 13.5. The van der Waals surface area contributed by atoms with E-state index in [0.29, 0.717) is 49.2 Å². The van der Waals surface area contributed by atoms with Crippen LogP contribution in [0.5, 0.6) is 0 Å². The van der Waals surface area contributed by atoms with E-state index < -0.39 is 4.92 Å². The minimum Gasteiger partial charge on any atom is -0.340 e. The monoisotopic (exact) mass is 535 g/mol. The van der Waals surface area contributed by atoms with Gasteiger partial charge in [0.2, 0.25) is 11.9 Å². The van der Waals surface area contributed by atoms with Gasteiger partial charge in [-0.3, -0.25) is 14.9 Å². The van der Waals surface area contributed by atoms with Gasteiger partial charge in [-0.25, -0.2) is 9.38 Å². The van der Waals surface area contributed by atoms with Crippen LogP contribution in [0.1, 0.15) is 31.2 Å². The number of fused-ring (bicyclic) bond motifs is 3. The Morgan fingerprint density at radius 1 is 0.925 bits per heavy atom. The third kappa shape index (κ3) is 4.51. The van der Waals surface area contributed by atoms with Gasteiger partial charge in [0.05, 0.1) is 21.9 Å². The van der Waals surface area contributed by atoms with Gasteiger partial charge in [-0.15, -0.1) is 10.2 Å². The lowest BCUT2D eigenvalue weighted by Crippen LogP contribution is -2.38. The molecule has 10 heteroatoms. The lowest BCUT2D eigenvalue weighted by molar-refractivity contribution is -0.384. The minimum atomic E-state index is -0.406. The van der Waals surface area contributed by atoms with Crippen molar-refractivity contribution in [3.63, 3.8) is 0 Å². The van der Waals surface area contributed by atoms with Gasteiger partial charge in [-0.1, -0.05) is 61.5 Å². The second-order valence-corrected chi connectivity index (χ2v) is 9.92. The SMILES string of the molecule is CCC(C(=O)N1CCCN(c2nc3ccccc3c3nnc(-c4ccccc4[N+](=O)[O-])n23)CC1)c1ccccc1. The molecule has 1 atom stereocenters. The summed E-state index contributed by atoms with van der Waals surface area (Å²) in [5.74, 6) is 0.928. The predicted molar refractivity (Wildman–Crippen MR) is 153 cm³/mol. The summed E-state index contributed by atoms with van der Waals surface area (Å²) < 4.78 is 1.82. The Kier molecular flexibility index (Phi) is 6.81. The maximum absolute atomic E-state index is 13.6. The van der Waals surface area contributed by atoms with E-state index in [1.807, 2.05) is 70.8 Å². The number of amides is 1. The van der Waals surface area contributed by atoms with Crippen LogP contribution in [0.25, 0.3) is 27.9 Å². The molecule has 3 aromatic carbocycles. The Labute approximate surface area is 231 Å². The number of nitro benzene ring substituents is 1. The number of benzene rings is 3. The predicted octanol–water partition coefficient (Wildman–Crippen LogP) is 5.09. The lowest BCUT2D eigenvalue weighted by atomic mass is 9.95. The van der Waals surface area contributed by atoms with Crippen molar-refractivity contribution in [1.29, 1.82) is 0 Å². The van der Waals surface area contributed by atoms with E-state index in [9.17, 15) is 14.9 Å². The molecule has 1 unspecified atom stereocenters. The quantitative estimate of drug-likeness (QED) is 0.220. The molecular weight excluding hydrogens is 506 g/mol. The number of nitro groups is 1. The summed E-state index contributed by atoms with van der Waals surface area (Å²) in [7, 11) is 0. The van der Waals surface area contributed by atoms with Gasteiger partial charge in [0.1, 0.15) is 0 Å². The molecule has 1 amide bonds. The summed E-state index contributed by atoms with van der Waals surface area (Å²) in [6.45, 7) is 4.47. The van der Waals surface area contributed by atoms with E-state index in [-0.39, 0.29) is 17.5 Å². The van der Waals surface area contributed by atoms with Crippen molar-refractivity contribution in [3.8, 4) is 11.4 Å². The summed E-state index contributed by atoms with van der Waals surface area (Å²) in [4.78, 5) is 34.2. The van der Waals surface area contributed by atoms with E-state index in [1.54, 1.807) is 18.2 Å². The lowest BCUT2D eigenvalue weighted by Gasteiger charge is -2.27. The van der Waals surface area contributed by atoms with Crippen molar-refractivity contribution in [2.45, 2.75) is 25.7 Å². The molecule has 1 fully saturated rings. The molecule has 0 aliphatic carbocycles. The van der Waals surface area contributed by atoms with Crippen LogP contribution in [-0.2, 0) is 4.79 Å². The van der Waals surface area contributed by atoms with Crippen molar-refractivity contribution < 1.29 is 9.72 Å². The number of hydrogen-bond donors (Lipinski definition) is 0. The maximum Gasteiger partial charge on any atom is 0.280 e. The molecule has 0 N–H and O–H groups in total. The molecule has 3 heterocycles. The van der Waals surface area contributed by atoms with Gasteiger partial charge in [0.15, 0.2) is 11.5 Å². The largest absolute Gasteiger partial charge is 0.340 e. The molecule has 1 aliphatic rings. The first kappa shape index (κ1) is 25.4. The molecule has 1 saturated heterocycles. The summed E-state index contributed by atoms with van der Waals surface area (Å²) in [6, 6.07) is 24.2. The number of carbonyl (C=O) groups is 1. The van der Waals surface area contributed by atoms with Crippen molar-refractivity contribution in [1.82, 2.24) is 24.5 Å². The Balaban J connectivity index is 1.40. The van der Waals surface area contributed by atoms with Crippen molar-refractivity contribution in [2.24, 2.45) is 0 Å². The van der Waals surface area contributed by atoms with Crippen LogP contribution in [0.2, 0.25) is 0 Å². The van der Waals surface area contributed by atoms with E-state index in [0.717, 1.165) is 29.3 Å². The molecule has 40 heavy (non-hydrogen) atoms. The summed E-state index contributed by atoms with van der Waals surface area (Å²) in [5.41, 5.74) is 2.71. The van der Waals surface area contributed by atoms with Crippen LogP contribution in [0.15, 0.2) is 78.9 Å². The van der Waals surface area contributed by atoms with Gasteiger partial charge in [-0.2, -0.15) is 0 Å². The molecule has 0 radical (unpaired) electrons. The number of hydrogen-bond acceptors (Lipinski definition) is 7. The van der Waals surface area contributed by atoms with Gasteiger partial charge in [0.25, 0.3) is 5.69 Å². The van der Waals surface area contributed by atoms with Gasteiger partial charge >= 0.3 is 0 Å². The highest BCUT2D eigenvalue weighted by Gasteiger charge is 2.29. The number of aromatic nitrogens is 4. The zero-order valence-electron chi connectivity index (χ0n) is 22.2. The van der Waals surface area contributed by atoms with Gasteiger partial charge in [-0.05, 0) is 36.6 Å². The fraction of sp³-hybridized carbons (Fsp3) is 0.267. The Morgan fingerprint density at radius 2 is 1.68 bits per heavy atom. The standard InChI is InChI=1S/C30H29N7O3/c1-2-22(21-11-4-3-5-12-21)29(38)34-17-10-18-35(20-19-34)30-31-25-15-8-6-13-23(25)27-32-33-28(36(27)30)24-14-7-9-16-26(24)37(39)40/h3-9,11-16,22H,2,10,17-20H2,1H3. The van der Waals surface area contributed by atoms with Crippen molar-refractivity contribution >= 4 is 34.1 Å². The summed E-state index contributed by atoms with van der Waals surface area (Å²) in [6.07, 6.45) is 1.49. The van der Waals surface area contributed by atoms with E-state index >= 15 is 0 Å². The normalized spacial score (nSPS) is 14.8. The topological polar surface area (TPSA) is 110 Å². The molecule has 0 spiro atoms. The summed E-state index contributed by atoms with van der Waals surface area (Å²) in [5, 5.41) is 21.6. The van der Waals surface area contributed by atoms with Crippen LogP contribution >= 0.6 is 0 Å². The molecule has 5 aromatic rings. The van der Waals surface area contributed by atoms with Crippen LogP contribution < -0.4 is 4.90 Å². The zero-order chi connectivity index (χ0) is 27.6. The fourth-order valence-corrected chi connectivity index (χ4v) is 5.57. The first-order valence-electron chi connectivity index (χ1n) is 13.5. The van der Waals surface area contributed by atoms with Crippen LogP contribution in [0.4, 0.5) is 11.6 Å². The zero-order valence-corrected chi connectivity index (χ0v) is 22.2. The Hall–Kier alpha value is -4.86. The van der Waals surface area contributed by atoms with Crippen LogP contribution in [0.3, 0.4) is 0 Å². The van der Waals surface area contributed by atoms with Crippen LogP contribution in [-0.4, -0.2) is 61.5 Å². The van der Waals surface area contributed by atoms with Crippen molar-refractivity contribution in [3.05, 3.63) is 94.5 Å². The molecule has 1 aliphatic heterocycles. The third-order valence-electron chi connectivity index (χ3n) is 7.57. The highest BCUT2D eigenvalue weighted by molar-refractivity contribution is 5.93. The molecule has 0 bridgehead atoms. The third-order valence-corrected chi connectivity index (χ3v) is 7.57. The molecular formula is C30H29N7O3. The van der Waals surface area contributed by atoms with E-state index in [2.05, 4.69) is 15.1 Å². The highest BCUT2D eigenvalue weighted by atomic mass is 16.6. The summed E-state index contributed by atoms with van der Waals surface area (Å²) >= 11 is 0. The minimum absolute atomic E-state index is 0.0462. The number of nitrogens with zero attached hydrogens (tertiary/aromatic N) is 7. The second kappa shape index (κ2) is 10.7. The molecule has 6 rings (SSSR count). The average molecular weight is 536 g/mol. The first-order chi connectivity index (χ1) is 19.6. The molecule has 0 saturated carbocycles. The average Bonchev–Trinajstić information content (AvgIpc) is 3.29. The number of carbonyl (C=O) groups excluding carboxylic acids is 1. The number of anilines is 1. The van der Waals surface area contributed by atoms with E-state index in [4.69, 9.17) is 4.98 Å². The maximum atomic E-state index is 13.6. The Morgan fingerprint density at radius 3 is 2.48 bits per heavy atom. The second-order valence-electron chi connectivity index (χ2n) is 9.92. The Bertz CT molecular complexity index is 1700. The van der Waals surface area contributed by atoms with Crippen LogP contribution in [0, 0.1) is 10.1 Å². The molecule has 10 nitrogen and oxygen atoms in total.